The minimum atomic E-state index is 0.284. The molecule has 1 saturated heterocycles. The zero-order valence-electron chi connectivity index (χ0n) is 10.2. The standard InChI is InChI=1S/C14H20N2O/c15-13-6-4-5-12(11-13)7-8-14(17)16-9-2-1-3-10-16/h4-6,11H,1-3,7-10,15H2. The summed E-state index contributed by atoms with van der Waals surface area (Å²) in [6.07, 6.45) is 4.97. The SMILES string of the molecule is Nc1cccc(CCC(=O)N2CCCCC2)c1. The largest absolute Gasteiger partial charge is 0.399 e. The topological polar surface area (TPSA) is 46.3 Å². The molecule has 1 aliphatic rings. The molecule has 2 rings (SSSR count). The lowest BCUT2D eigenvalue weighted by atomic mass is 10.1. The van der Waals surface area contributed by atoms with Crippen LogP contribution in [0.4, 0.5) is 5.69 Å². The second-order valence-electron chi connectivity index (χ2n) is 4.69. The van der Waals surface area contributed by atoms with E-state index in [1.54, 1.807) is 0 Å². The van der Waals surface area contributed by atoms with Crippen LogP contribution in [0, 0.1) is 0 Å². The molecule has 0 aromatic heterocycles. The normalized spacial score (nSPS) is 15.9. The van der Waals surface area contributed by atoms with Crippen molar-refractivity contribution in [3.05, 3.63) is 29.8 Å². The van der Waals surface area contributed by atoms with Crippen molar-refractivity contribution in [2.24, 2.45) is 0 Å². The van der Waals surface area contributed by atoms with Gasteiger partial charge in [0, 0.05) is 25.2 Å². The van der Waals surface area contributed by atoms with Crippen LogP contribution < -0.4 is 5.73 Å². The quantitative estimate of drug-likeness (QED) is 0.812. The van der Waals surface area contributed by atoms with E-state index >= 15 is 0 Å². The number of piperidine rings is 1. The molecule has 92 valence electrons. The Kier molecular flexibility index (Phi) is 4.02. The summed E-state index contributed by atoms with van der Waals surface area (Å²) in [5, 5.41) is 0. The van der Waals surface area contributed by atoms with Gasteiger partial charge in [0.05, 0.1) is 0 Å². The highest BCUT2D eigenvalue weighted by atomic mass is 16.2. The highest BCUT2D eigenvalue weighted by molar-refractivity contribution is 5.76. The Bertz CT molecular complexity index is 384. The minimum Gasteiger partial charge on any atom is -0.399 e. The molecule has 0 unspecified atom stereocenters. The number of amides is 1. The molecule has 0 aliphatic carbocycles. The summed E-state index contributed by atoms with van der Waals surface area (Å²) < 4.78 is 0. The maximum atomic E-state index is 12.0. The fourth-order valence-electron chi connectivity index (χ4n) is 2.30. The molecule has 0 spiro atoms. The summed E-state index contributed by atoms with van der Waals surface area (Å²) >= 11 is 0. The summed E-state index contributed by atoms with van der Waals surface area (Å²) in [6.45, 7) is 1.88. The highest BCUT2D eigenvalue weighted by Gasteiger charge is 2.15. The monoisotopic (exact) mass is 232 g/mol. The van der Waals surface area contributed by atoms with Crippen LogP contribution in [-0.2, 0) is 11.2 Å². The molecular formula is C14H20N2O. The molecule has 0 atom stereocenters. The van der Waals surface area contributed by atoms with Gasteiger partial charge >= 0.3 is 0 Å². The van der Waals surface area contributed by atoms with Crippen molar-refractivity contribution >= 4 is 11.6 Å². The van der Waals surface area contributed by atoms with Crippen LogP contribution >= 0.6 is 0 Å². The number of nitrogens with zero attached hydrogens (tertiary/aromatic N) is 1. The Balaban J connectivity index is 1.83. The van der Waals surface area contributed by atoms with Gasteiger partial charge in [-0.1, -0.05) is 12.1 Å². The summed E-state index contributed by atoms with van der Waals surface area (Å²) in [4.78, 5) is 13.9. The maximum absolute atomic E-state index is 12.0. The lowest BCUT2D eigenvalue weighted by molar-refractivity contribution is -0.132. The molecule has 3 heteroatoms. The fourth-order valence-corrected chi connectivity index (χ4v) is 2.30. The lowest BCUT2D eigenvalue weighted by Crippen LogP contribution is -2.35. The number of nitrogen functional groups attached to an aromatic ring is 1. The maximum Gasteiger partial charge on any atom is 0.222 e. The Morgan fingerprint density at radius 1 is 1.24 bits per heavy atom. The lowest BCUT2D eigenvalue weighted by Gasteiger charge is -2.26. The first-order valence-electron chi connectivity index (χ1n) is 6.38. The Hall–Kier alpha value is -1.51. The van der Waals surface area contributed by atoms with Crippen molar-refractivity contribution in [1.29, 1.82) is 0 Å². The van der Waals surface area contributed by atoms with Crippen molar-refractivity contribution in [3.63, 3.8) is 0 Å². The van der Waals surface area contributed by atoms with Gasteiger partial charge in [-0.15, -0.1) is 0 Å². The van der Waals surface area contributed by atoms with E-state index in [9.17, 15) is 4.79 Å². The number of hydrogen-bond acceptors (Lipinski definition) is 2. The highest BCUT2D eigenvalue weighted by Crippen LogP contribution is 2.13. The van der Waals surface area contributed by atoms with E-state index in [1.165, 1.54) is 6.42 Å². The average molecular weight is 232 g/mol. The Morgan fingerprint density at radius 2 is 2.00 bits per heavy atom. The molecule has 0 radical (unpaired) electrons. The van der Waals surface area contributed by atoms with E-state index in [4.69, 9.17) is 5.73 Å². The van der Waals surface area contributed by atoms with Crippen LogP contribution in [0.2, 0.25) is 0 Å². The van der Waals surface area contributed by atoms with Gasteiger partial charge < -0.3 is 10.6 Å². The van der Waals surface area contributed by atoms with E-state index in [-0.39, 0.29) is 5.91 Å². The van der Waals surface area contributed by atoms with E-state index in [2.05, 4.69) is 0 Å². The third-order valence-corrected chi connectivity index (χ3v) is 3.29. The van der Waals surface area contributed by atoms with Crippen LogP contribution in [-0.4, -0.2) is 23.9 Å². The molecule has 0 bridgehead atoms. The van der Waals surface area contributed by atoms with Gasteiger partial charge in [0.25, 0.3) is 0 Å². The number of benzene rings is 1. The van der Waals surface area contributed by atoms with E-state index < -0.39 is 0 Å². The zero-order valence-corrected chi connectivity index (χ0v) is 10.2. The van der Waals surface area contributed by atoms with Gasteiger partial charge in [0.2, 0.25) is 5.91 Å². The number of carbonyl (C=O) groups excluding carboxylic acids is 1. The summed E-state index contributed by atoms with van der Waals surface area (Å²) in [5.74, 6) is 0.284. The number of aryl methyl sites for hydroxylation is 1. The molecule has 1 aromatic carbocycles. The van der Waals surface area contributed by atoms with Crippen molar-refractivity contribution in [1.82, 2.24) is 4.90 Å². The second kappa shape index (κ2) is 5.71. The van der Waals surface area contributed by atoms with Crippen LogP contribution in [0.5, 0.6) is 0 Å². The molecular weight excluding hydrogens is 212 g/mol. The van der Waals surface area contributed by atoms with Crippen LogP contribution in [0.25, 0.3) is 0 Å². The first-order valence-corrected chi connectivity index (χ1v) is 6.38. The molecule has 17 heavy (non-hydrogen) atoms. The van der Waals surface area contributed by atoms with E-state index in [1.807, 2.05) is 29.2 Å². The minimum absolute atomic E-state index is 0.284. The van der Waals surface area contributed by atoms with Gasteiger partial charge in [-0.3, -0.25) is 4.79 Å². The van der Waals surface area contributed by atoms with Crippen molar-refractivity contribution in [2.75, 3.05) is 18.8 Å². The molecule has 1 fully saturated rings. The van der Waals surface area contributed by atoms with Crippen LogP contribution in [0.1, 0.15) is 31.2 Å². The van der Waals surface area contributed by atoms with Gasteiger partial charge in [0.1, 0.15) is 0 Å². The van der Waals surface area contributed by atoms with Gasteiger partial charge in [-0.05, 0) is 43.4 Å². The first kappa shape index (κ1) is 12.0. The number of nitrogens with two attached hydrogens (primary N) is 1. The van der Waals surface area contributed by atoms with Gasteiger partial charge in [-0.25, -0.2) is 0 Å². The van der Waals surface area contributed by atoms with Crippen LogP contribution in [0.3, 0.4) is 0 Å². The summed E-state index contributed by atoms with van der Waals surface area (Å²) in [6, 6.07) is 7.79. The van der Waals surface area contributed by atoms with Crippen molar-refractivity contribution in [2.45, 2.75) is 32.1 Å². The van der Waals surface area contributed by atoms with E-state index in [0.29, 0.717) is 6.42 Å². The number of carbonyl (C=O) groups is 1. The van der Waals surface area contributed by atoms with Gasteiger partial charge in [-0.2, -0.15) is 0 Å². The Morgan fingerprint density at radius 3 is 2.71 bits per heavy atom. The van der Waals surface area contributed by atoms with Gasteiger partial charge in [0.15, 0.2) is 0 Å². The number of hydrogen-bond donors (Lipinski definition) is 1. The predicted octanol–water partition coefficient (Wildman–Crippen LogP) is 2.21. The number of anilines is 1. The molecule has 1 aromatic rings. The molecule has 1 amide bonds. The average Bonchev–Trinajstić information content (AvgIpc) is 2.37. The summed E-state index contributed by atoms with van der Waals surface area (Å²) in [5.41, 5.74) is 7.63. The van der Waals surface area contributed by atoms with Crippen molar-refractivity contribution < 1.29 is 4.79 Å². The molecule has 0 saturated carbocycles. The Labute approximate surface area is 103 Å². The van der Waals surface area contributed by atoms with Crippen LogP contribution in [0.15, 0.2) is 24.3 Å². The molecule has 1 heterocycles. The molecule has 1 aliphatic heterocycles. The van der Waals surface area contributed by atoms with Crippen molar-refractivity contribution in [3.8, 4) is 0 Å². The van der Waals surface area contributed by atoms with E-state index in [0.717, 1.165) is 43.6 Å². The number of rotatable bonds is 3. The smallest absolute Gasteiger partial charge is 0.222 e. The predicted molar refractivity (Wildman–Crippen MR) is 69.6 cm³/mol. The zero-order chi connectivity index (χ0) is 12.1. The second-order valence-corrected chi connectivity index (χ2v) is 4.69. The first-order chi connectivity index (χ1) is 8.25. The molecule has 3 nitrogen and oxygen atoms in total. The molecule has 2 N–H and O–H groups in total. The third kappa shape index (κ3) is 3.48. The third-order valence-electron chi connectivity index (χ3n) is 3.29. The number of likely N-dealkylation sites (tertiary alicyclic amines) is 1. The summed E-state index contributed by atoms with van der Waals surface area (Å²) in [7, 11) is 0. The fraction of sp³-hybridized carbons (Fsp3) is 0.500.